The molecule has 0 saturated heterocycles. The van der Waals surface area contributed by atoms with Crippen LogP contribution in [0.2, 0.25) is 0 Å². The summed E-state index contributed by atoms with van der Waals surface area (Å²) in [5, 5.41) is 13.8. The van der Waals surface area contributed by atoms with E-state index < -0.39 is 6.10 Å². The van der Waals surface area contributed by atoms with Gasteiger partial charge < -0.3 is 9.84 Å². The highest BCUT2D eigenvalue weighted by molar-refractivity contribution is 5.05. The van der Waals surface area contributed by atoms with Crippen molar-refractivity contribution in [1.29, 1.82) is 0 Å². The molecule has 80 valence electrons. The topological polar surface area (TPSA) is 47.3 Å². The zero-order valence-electron chi connectivity index (χ0n) is 8.97. The van der Waals surface area contributed by atoms with Gasteiger partial charge in [0.05, 0.1) is 18.4 Å². The molecule has 0 aliphatic heterocycles. The lowest BCUT2D eigenvalue weighted by molar-refractivity contribution is 0.000398. The summed E-state index contributed by atoms with van der Waals surface area (Å²) in [6.45, 7) is 4.75. The van der Waals surface area contributed by atoms with Gasteiger partial charge in [0, 0.05) is 26.3 Å². The van der Waals surface area contributed by atoms with E-state index in [1.807, 2.05) is 24.7 Å². The van der Waals surface area contributed by atoms with E-state index in [4.69, 9.17) is 4.74 Å². The first-order valence-electron chi connectivity index (χ1n) is 4.89. The van der Waals surface area contributed by atoms with Crippen LogP contribution in [0.25, 0.3) is 0 Å². The van der Waals surface area contributed by atoms with Crippen LogP contribution in [-0.2, 0) is 17.7 Å². The van der Waals surface area contributed by atoms with Crippen molar-refractivity contribution in [3.05, 3.63) is 18.0 Å². The molecule has 2 atom stereocenters. The van der Waals surface area contributed by atoms with E-state index in [0.717, 1.165) is 12.1 Å². The van der Waals surface area contributed by atoms with Crippen molar-refractivity contribution in [2.75, 3.05) is 7.11 Å². The third kappa shape index (κ3) is 2.82. The molecule has 1 aromatic rings. The summed E-state index contributed by atoms with van der Waals surface area (Å²) in [6.07, 6.45) is 3.73. The van der Waals surface area contributed by atoms with Gasteiger partial charge in [0.2, 0.25) is 0 Å². The highest BCUT2D eigenvalue weighted by Gasteiger charge is 2.14. The van der Waals surface area contributed by atoms with Crippen molar-refractivity contribution in [2.45, 2.75) is 39.0 Å². The predicted molar refractivity (Wildman–Crippen MR) is 54.1 cm³/mol. The lowest BCUT2D eigenvalue weighted by Gasteiger charge is -2.15. The van der Waals surface area contributed by atoms with Gasteiger partial charge in [-0.2, -0.15) is 5.10 Å². The zero-order chi connectivity index (χ0) is 10.6. The largest absolute Gasteiger partial charge is 0.390 e. The maximum atomic E-state index is 9.69. The Morgan fingerprint density at radius 2 is 2.36 bits per heavy atom. The van der Waals surface area contributed by atoms with E-state index >= 15 is 0 Å². The van der Waals surface area contributed by atoms with E-state index in [1.165, 1.54) is 0 Å². The number of hydrogen-bond acceptors (Lipinski definition) is 3. The maximum absolute atomic E-state index is 9.69. The standard InChI is InChI=1S/C10H18N2O2/c1-4-12-7-9(6-11-12)5-10(13)8(2)14-3/h6-8,10,13H,4-5H2,1-3H3. The first kappa shape index (κ1) is 11.2. The zero-order valence-corrected chi connectivity index (χ0v) is 8.97. The van der Waals surface area contributed by atoms with Crippen LogP contribution in [0.3, 0.4) is 0 Å². The second kappa shape index (κ2) is 5.12. The third-order valence-corrected chi connectivity index (χ3v) is 2.37. The second-order valence-corrected chi connectivity index (χ2v) is 3.42. The first-order valence-corrected chi connectivity index (χ1v) is 4.89. The summed E-state index contributed by atoms with van der Waals surface area (Å²) < 4.78 is 6.89. The van der Waals surface area contributed by atoms with Crippen molar-refractivity contribution in [3.63, 3.8) is 0 Å². The smallest absolute Gasteiger partial charge is 0.0840 e. The minimum Gasteiger partial charge on any atom is -0.390 e. The highest BCUT2D eigenvalue weighted by Crippen LogP contribution is 2.07. The Hall–Kier alpha value is -0.870. The third-order valence-electron chi connectivity index (χ3n) is 2.37. The van der Waals surface area contributed by atoms with Crippen LogP contribution in [0.1, 0.15) is 19.4 Å². The summed E-state index contributed by atoms with van der Waals surface area (Å²) in [6, 6.07) is 0. The monoisotopic (exact) mass is 198 g/mol. The normalized spacial score (nSPS) is 15.4. The molecule has 1 rings (SSSR count). The Balaban J connectivity index is 2.51. The molecule has 0 aliphatic rings. The molecule has 4 heteroatoms. The molecule has 1 heterocycles. The maximum Gasteiger partial charge on any atom is 0.0840 e. The average Bonchev–Trinajstić information content (AvgIpc) is 2.64. The van der Waals surface area contributed by atoms with Gasteiger partial charge in [-0.25, -0.2) is 0 Å². The van der Waals surface area contributed by atoms with Crippen LogP contribution in [0, 0.1) is 0 Å². The lowest BCUT2D eigenvalue weighted by Crippen LogP contribution is -2.26. The Kier molecular flexibility index (Phi) is 4.10. The number of aromatic nitrogens is 2. The second-order valence-electron chi connectivity index (χ2n) is 3.42. The summed E-state index contributed by atoms with van der Waals surface area (Å²) in [4.78, 5) is 0. The predicted octanol–water partition coefficient (Wildman–Crippen LogP) is 0.841. The van der Waals surface area contributed by atoms with Crippen molar-refractivity contribution in [1.82, 2.24) is 9.78 Å². The van der Waals surface area contributed by atoms with Gasteiger partial charge in [-0.1, -0.05) is 0 Å². The van der Waals surface area contributed by atoms with Crippen LogP contribution in [-0.4, -0.2) is 34.2 Å². The average molecular weight is 198 g/mol. The molecule has 2 unspecified atom stereocenters. The fourth-order valence-electron chi connectivity index (χ4n) is 1.25. The molecule has 0 aliphatic carbocycles. The van der Waals surface area contributed by atoms with Crippen LogP contribution >= 0.6 is 0 Å². The van der Waals surface area contributed by atoms with Gasteiger partial charge >= 0.3 is 0 Å². The molecule has 0 aromatic carbocycles. The Morgan fingerprint density at radius 1 is 1.64 bits per heavy atom. The molecule has 0 spiro atoms. The van der Waals surface area contributed by atoms with Gasteiger partial charge in [0.1, 0.15) is 0 Å². The van der Waals surface area contributed by atoms with Crippen molar-refractivity contribution in [3.8, 4) is 0 Å². The minimum absolute atomic E-state index is 0.139. The van der Waals surface area contributed by atoms with Crippen LogP contribution < -0.4 is 0 Å². The van der Waals surface area contributed by atoms with Crippen molar-refractivity contribution in [2.24, 2.45) is 0 Å². The molecule has 4 nitrogen and oxygen atoms in total. The quantitative estimate of drug-likeness (QED) is 0.762. The van der Waals surface area contributed by atoms with E-state index in [9.17, 15) is 5.11 Å². The van der Waals surface area contributed by atoms with Gasteiger partial charge in [-0.15, -0.1) is 0 Å². The molecule has 0 saturated carbocycles. The fraction of sp³-hybridized carbons (Fsp3) is 0.700. The van der Waals surface area contributed by atoms with Crippen molar-refractivity contribution >= 4 is 0 Å². The van der Waals surface area contributed by atoms with E-state index in [0.29, 0.717) is 6.42 Å². The molecule has 0 amide bonds. The van der Waals surface area contributed by atoms with Gasteiger partial charge in [-0.3, -0.25) is 4.68 Å². The number of aryl methyl sites for hydroxylation is 1. The van der Waals surface area contributed by atoms with Gasteiger partial charge in [0.25, 0.3) is 0 Å². The van der Waals surface area contributed by atoms with Gasteiger partial charge in [-0.05, 0) is 19.4 Å². The molecular weight excluding hydrogens is 180 g/mol. The molecule has 0 bridgehead atoms. The molecule has 1 aromatic heterocycles. The minimum atomic E-state index is -0.463. The number of ether oxygens (including phenoxy) is 1. The van der Waals surface area contributed by atoms with E-state index in [1.54, 1.807) is 13.3 Å². The summed E-state index contributed by atoms with van der Waals surface area (Å²) in [5.74, 6) is 0. The van der Waals surface area contributed by atoms with Gasteiger partial charge in [0.15, 0.2) is 0 Å². The van der Waals surface area contributed by atoms with Crippen LogP contribution in [0.15, 0.2) is 12.4 Å². The molecule has 14 heavy (non-hydrogen) atoms. The number of rotatable bonds is 5. The number of aliphatic hydroxyl groups excluding tert-OH is 1. The molecule has 0 fully saturated rings. The highest BCUT2D eigenvalue weighted by atomic mass is 16.5. The Bertz CT molecular complexity index is 273. The number of aliphatic hydroxyl groups is 1. The number of hydrogen-bond donors (Lipinski definition) is 1. The lowest BCUT2D eigenvalue weighted by atomic mass is 10.1. The van der Waals surface area contributed by atoms with E-state index in [2.05, 4.69) is 5.10 Å². The molecule has 1 N–H and O–H groups in total. The SMILES string of the molecule is CCn1cc(CC(O)C(C)OC)cn1. The summed E-state index contributed by atoms with van der Waals surface area (Å²) in [7, 11) is 1.60. The van der Waals surface area contributed by atoms with Crippen molar-refractivity contribution < 1.29 is 9.84 Å². The first-order chi connectivity index (χ1) is 6.67. The molecular formula is C10H18N2O2. The van der Waals surface area contributed by atoms with Crippen LogP contribution in [0.4, 0.5) is 0 Å². The Labute approximate surface area is 84.5 Å². The number of methoxy groups -OCH3 is 1. The summed E-state index contributed by atoms with van der Waals surface area (Å²) in [5.41, 5.74) is 1.04. The Morgan fingerprint density at radius 3 is 2.86 bits per heavy atom. The number of nitrogens with zero attached hydrogens (tertiary/aromatic N) is 2. The fourth-order valence-corrected chi connectivity index (χ4v) is 1.25. The molecule has 0 radical (unpaired) electrons. The van der Waals surface area contributed by atoms with Crippen LogP contribution in [0.5, 0.6) is 0 Å². The van der Waals surface area contributed by atoms with E-state index in [-0.39, 0.29) is 6.10 Å². The summed E-state index contributed by atoms with van der Waals surface area (Å²) >= 11 is 0.